The van der Waals surface area contributed by atoms with Gasteiger partial charge < -0.3 is 14.8 Å². The van der Waals surface area contributed by atoms with Gasteiger partial charge in [0.15, 0.2) is 0 Å². The van der Waals surface area contributed by atoms with Crippen molar-refractivity contribution in [2.75, 3.05) is 40.5 Å². The normalized spacial score (nSPS) is 12.7. The summed E-state index contributed by atoms with van der Waals surface area (Å²) >= 11 is 0. The lowest BCUT2D eigenvalue weighted by Gasteiger charge is -2.27. The van der Waals surface area contributed by atoms with Gasteiger partial charge in [-0.1, -0.05) is 19.1 Å². The summed E-state index contributed by atoms with van der Waals surface area (Å²) in [5.41, 5.74) is 1.24. The van der Waals surface area contributed by atoms with Crippen molar-refractivity contribution in [1.82, 2.24) is 10.2 Å². The highest BCUT2D eigenvalue weighted by atomic mass is 16.5. The van der Waals surface area contributed by atoms with Gasteiger partial charge in [-0.15, -0.1) is 0 Å². The Balaban J connectivity index is 2.40. The summed E-state index contributed by atoms with van der Waals surface area (Å²) in [7, 11) is 3.69. The zero-order valence-electron chi connectivity index (χ0n) is 13.2. The van der Waals surface area contributed by atoms with E-state index in [2.05, 4.69) is 36.2 Å². The van der Waals surface area contributed by atoms with Gasteiger partial charge in [-0.05, 0) is 38.2 Å². The van der Waals surface area contributed by atoms with E-state index in [1.807, 2.05) is 19.2 Å². The third-order valence-corrected chi connectivity index (χ3v) is 3.36. The van der Waals surface area contributed by atoms with E-state index in [9.17, 15) is 0 Å². The lowest BCUT2D eigenvalue weighted by Crippen LogP contribution is -2.38. The van der Waals surface area contributed by atoms with Crippen molar-refractivity contribution in [1.29, 1.82) is 0 Å². The number of ether oxygens (including phenoxy) is 2. The predicted molar refractivity (Wildman–Crippen MR) is 83.3 cm³/mol. The van der Waals surface area contributed by atoms with Crippen LogP contribution in [-0.4, -0.2) is 51.4 Å². The van der Waals surface area contributed by atoms with Crippen LogP contribution in [0, 0.1) is 0 Å². The number of nitrogens with one attached hydrogen (secondary N) is 1. The lowest BCUT2D eigenvalue weighted by atomic mass is 10.2. The van der Waals surface area contributed by atoms with E-state index in [0.717, 1.165) is 32.0 Å². The average molecular weight is 280 g/mol. The van der Waals surface area contributed by atoms with Crippen molar-refractivity contribution in [3.8, 4) is 5.75 Å². The fourth-order valence-electron chi connectivity index (χ4n) is 2.27. The molecule has 0 fully saturated rings. The van der Waals surface area contributed by atoms with Crippen LogP contribution in [0.4, 0.5) is 0 Å². The Hall–Kier alpha value is -1.10. The monoisotopic (exact) mass is 280 g/mol. The van der Waals surface area contributed by atoms with Crippen LogP contribution in [0.5, 0.6) is 5.75 Å². The second kappa shape index (κ2) is 9.75. The summed E-state index contributed by atoms with van der Waals surface area (Å²) in [6, 6.07) is 8.65. The molecule has 4 nitrogen and oxygen atoms in total. The Morgan fingerprint density at radius 3 is 2.80 bits per heavy atom. The maximum Gasteiger partial charge on any atom is 0.119 e. The Bertz CT molecular complexity index is 371. The van der Waals surface area contributed by atoms with E-state index >= 15 is 0 Å². The smallest absolute Gasteiger partial charge is 0.119 e. The minimum Gasteiger partial charge on any atom is -0.492 e. The quantitative estimate of drug-likeness (QED) is 0.712. The fourth-order valence-corrected chi connectivity index (χ4v) is 2.27. The molecule has 0 aliphatic heterocycles. The van der Waals surface area contributed by atoms with Crippen molar-refractivity contribution >= 4 is 0 Å². The van der Waals surface area contributed by atoms with Gasteiger partial charge in [0.05, 0.1) is 6.61 Å². The molecule has 0 heterocycles. The molecule has 1 atom stereocenters. The van der Waals surface area contributed by atoms with Crippen LogP contribution in [0.1, 0.15) is 19.4 Å². The Morgan fingerprint density at radius 1 is 1.35 bits per heavy atom. The van der Waals surface area contributed by atoms with E-state index in [-0.39, 0.29) is 0 Å². The first kappa shape index (κ1) is 17.0. The number of benzene rings is 1. The number of likely N-dealkylation sites (N-methyl/N-ethyl adjacent to an activating group) is 1. The molecule has 1 rings (SSSR count). The van der Waals surface area contributed by atoms with Crippen LogP contribution >= 0.6 is 0 Å². The summed E-state index contributed by atoms with van der Waals surface area (Å²) in [5, 5.41) is 3.15. The topological polar surface area (TPSA) is 33.7 Å². The maximum absolute atomic E-state index is 5.84. The average Bonchev–Trinajstić information content (AvgIpc) is 2.44. The predicted octanol–water partition coefficient (Wildman–Crippen LogP) is 2.14. The minimum absolute atomic E-state index is 0.421. The van der Waals surface area contributed by atoms with Crippen LogP contribution in [0.3, 0.4) is 0 Å². The first-order valence-electron chi connectivity index (χ1n) is 7.30. The molecular formula is C16H28N2O2. The van der Waals surface area contributed by atoms with Crippen molar-refractivity contribution in [2.24, 2.45) is 0 Å². The molecule has 1 aromatic carbocycles. The zero-order valence-corrected chi connectivity index (χ0v) is 13.2. The molecule has 1 N–H and O–H groups in total. The van der Waals surface area contributed by atoms with Gasteiger partial charge in [-0.3, -0.25) is 4.90 Å². The molecule has 0 aromatic heterocycles. The molecule has 0 radical (unpaired) electrons. The second-order valence-corrected chi connectivity index (χ2v) is 4.96. The number of rotatable bonds is 10. The number of nitrogens with zero attached hydrogens (tertiary/aromatic N) is 1. The second-order valence-electron chi connectivity index (χ2n) is 4.96. The SMILES string of the molecule is CCN(CCOc1cccc(CNC)c1)C(C)COC. The highest BCUT2D eigenvalue weighted by Gasteiger charge is 2.11. The molecule has 1 unspecified atom stereocenters. The zero-order chi connectivity index (χ0) is 14.8. The number of hydrogen-bond donors (Lipinski definition) is 1. The summed E-state index contributed by atoms with van der Waals surface area (Å²) in [5.74, 6) is 0.938. The maximum atomic E-state index is 5.84. The highest BCUT2D eigenvalue weighted by molar-refractivity contribution is 5.28. The third-order valence-electron chi connectivity index (χ3n) is 3.36. The van der Waals surface area contributed by atoms with Gasteiger partial charge in [0, 0.05) is 26.2 Å². The van der Waals surface area contributed by atoms with Crippen LogP contribution in [0.15, 0.2) is 24.3 Å². The first-order chi connectivity index (χ1) is 9.71. The molecule has 20 heavy (non-hydrogen) atoms. The van der Waals surface area contributed by atoms with E-state index in [4.69, 9.17) is 9.47 Å². The molecule has 0 aliphatic rings. The molecule has 1 aromatic rings. The van der Waals surface area contributed by atoms with Gasteiger partial charge in [-0.25, -0.2) is 0 Å². The lowest BCUT2D eigenvalue weighted by molar-refractivity contribution is 0.0920. The van der Waals surface area contributed by atoms with Crippen LogP contribution < -0.4 is 10.1 Å². The first-order valence-corrected chi connectivity index (χ1v) is 7.30. The molecule has 4 heteroatoms. The number of hydrogen-bond acceptors (Lipinski definition) is 4. The van der Waals surface area contributed by atoms with Crippen molar-refractivity contribution in [2.45, 2.75) is 26.4 Å². The van der Waals surface area contributed by atoms with E-state index in [1.165, 1.54) is 5.56 Å². The summed E-state index contributed by atoms with van der Waals surface area (Å²) < 4.78 is 11.0. The summed E-state index contributed by atoms with van der Waals surface area (Å²) in [6.07, 6.45) is 0. The van der Waals surface area contributed by atoms with E-state index < -0.39 is 0 Å². The van der Waals surface area contributed by atoms with E-state index in [1.54, 1.807) is 7.11 Å². The fraction of sp³-hybridized carbons (Fsp3) is 0.625. The van der Waals surface area contributed by atoms with Gasteiger partial charge in [0.2, 0.25) is 0 Å². The number of methoxy groups -OCH3 is 1. The molecule has 114 valence electrons. The molecule has 0 aliphatic carbocycles. The highest BCUT2D eigenvalue weighted by Crippen LogP contribution is 2.13. The van der Waals surface area contributed by atoms with Gasteiger partial charge >= 0.3 is 0 Å². The summed E-state index contributed by atoms with van der Waals surface area (Å²) in [4.78, 5) is 2.36. The Kier molecular flexibility index (Phi) is 8.26. The standard InChI is InChI=1S/C16H28N2O2/c1-5-18(14(2)13-19-4)9-10-20-16-8-6-7-15(11-16)12-17-3/h6-8,11,14,17H,5,9-10,12-13H2,1-4H3. The Morgan fingerprint density at radius 2 is 2.15 bits per heavy atom. The molecule has 0 amide bonds. The van der Waals surface area contributed by atoms with Gasteiger partial charge in [0.1, 0.15) is 12.4 Å². The molecule has 0 saturated heterocycles. The van der Waals surface area contributed by atoms with Crippen LogP contribution in [-0.2, 0) is 11.3 Å². The van der Waals surface area contributed by atoms with Crippen molar-refractivity contribution < 1.29 is 9.47 Å². The molecule has 0 saturated carbocycles. The van der Waals surface area contributed by atoms with Crippen molar-refractivity contribution in [3.05, 3.63) is 29.8 Å². The van der Waals surface area contributed by atoms with Crippen LogP contribution in [0.2, 0.25) is 0 Å². The third kappa shape index (κ3) is 5.90. The van der Waals surface area contributed by atoms with Gasteiger partial charge in [-0.2, -0.15) is 0 Å². The molecular weight excluding hydrogens is 252 g/mol. The molecule has 0 bridgehead atoms. The molecule has 0 spiro atoms. The minimum atomic E-state index is 0.421. The van der Waals surface area contributed by atoms with Crippen LogP contribution in [0.25, 0.3) is 0 Å². The largest absolute Gasteiger partial charge is 0.492 e. The van der Waals surface area contributed by atoms with Gasteiger partial charge in [0.25, 0.3) is 0 Å². The van der Waals surface area contributed by atoms with Crippen molar-refractivity contribution in [3.63, 3.8) is 0 Å². The Labute approximate surface area is 123 Å². The summed E-state index contributed by atoms with van der Waals surface area (Å²) in [6.45, 7) is 8.59. The van der Waals surface area contributed by atoms with E-state index in [0.29, 0.717) is 12.6 Å².